The molecule has 0 bridgehead atoms. The minimum Gasteiger partial charge on any atom is -0.346 e. The van der Waals surface area contributed by atoms with Crippen molar-refractivity contribution in [3.63, 3.8) is 0 Å². The first-order chi connectivity index (χ1) is 10.4. The molecule has 1 aromatic heterocycles. The van der Waals surface area contributed by atoms with Crippen LogP contribution >= 0.6 is 11.3 Å². The molecule has 1 saturated heterocycles. The standard InChI is InChI=1S/C15H16N2O3S2/c1-15(8-9-22(19,20)10-15)17-13(18)6-7-14-16-11-4-2-3-5-12(11)21-14/h2-7H,8-10H2,1H3,(H,17,18). The van der Waals surface area contributed by atoms with Gasteiger partial charge in [0.05, 0.1) is 27.3 Å². The maximum Gasteiger partial charge on any atom is 0.244 e. The normalized spacial score (nSPS) is 24.0. The van der Waals surface area contributed by atoms with Gasteiger partial charge < -0.3 is 5.32 Å². The fourth-order valence-electron chi connectivity index (χ4n) is 2.56. The number of benzene rings is 1. The third-order valence-electron chi connectivity index (χ3n) is 3.62. The Balaban J connectivity index is 1.69. The van der Waals surface area contributed by atoms with Crippen molar-refractivity contribution in [1.29, 1.82) is 0 Å². The highest BCUT2D eigenvalue weighted by molar-refractivity contribution is 7.91. The molecule has 1 N–H and O–H groups in total. The summed E-state index contributed by atoms with van der Waals surface area (Å²) < 4.78 is 24.1. The number of fused-ring (bicyclic) bond motifs is 1. The fourth-order valence-corrected chi connectivity index (χ4v) is 5.52. The first-order valence-corrected chi connectivity index (χ1v) is 9.55. The summed E-state index contributed by atoms with van der Waals surface area (Å²) in [4.78, 5) is 16.4. The van der Waals surface area contributed by atoms with E-state index in [1.165, 1.54) is 17.4 Å². The number of nitrogens with one attached hydrogen (secondary N) is 1. The first-order valence-electron chi connectivity index (χ1n) is 6.92. The maximum absolute atomic E-state index is 12.0. The van der Waals surface area contributed by atoms with Gasteiger partial charge in [-0.2, -0.15) is 0 Å². The van der Waals surface area contributed by atoms with Gasteiger partial charge in [-0.3, -0.25) is 4.79 Å². The number of para-hydroxylation sites is 1. The number of carbonyl (C=O) groups is 1. The molecule has 1 fully saturated rings. The highest BCUT2D eigenvalue weighted by Crippen LogP contribution is 2.24. The van der Waals surface area contributed by atoms with Gasteiger partial charge in [-0.1, -0.05) is 12.1 Å². The summed E-state index contributed by atoms with van der Waals surface area (Å²) in [5.74, 6) is -0.162. The smallest absolute Gasteiger partial charge is 0.244 e. The van der Waals surface area contributed by atoms with E-state index in [0.29, 0.717) is 6.42 Å². The lowest BCUT2D eigenvalue weighted by Gasteiger charge is -2.22. The van der Waals surface area contributed by atoms with Gasteiger partial charge in [0, 0.05) is 6.08 Å². The van der Waals surface area contributed by atoms with Crippen LogP contribution in [0.25, 0.3) is 16.3 Å². The molecule has 1 aliphatic rings. The van der Waals surface area contributed by atoms with Crippen molar-refractivity contribution in [3.8, 4) is 0 Å². The van der Waals surface area contributed by atoms with Crippen LogP contribution in [0.3, 0.4) is 0 Å². The zero-order valence-electron chi connectivity index (χ0n) is 12.1. The van der Waals surface area contributed by atoms with Gasteiger partial charge in [0.1, 0.15) is 5.01 Å². The molecule has 1 aliphatic heterocycles. The number of carbonyl (C=O) groups excluding carboxylic acids is 1. The number of thiazole rings is 1. The monoisotopic (exact) mass is 336 g/mol. The van der Waals surface area contributed by atoms with Gasteiger partial charge in [0.2, 0.25) is 5.91 Å². The van der Waals surface area contributed by atoms with Gasteiger partial charge in [-0.15, -0.1) is 11.3 Å². The van der Waals surface area contributed by atoms with E-state index < -0.39 is 15.4 Å². The summed E-state index contributed by atoms with van der Waals surface area (Å²) >= 11 is 1.51. The van der Waals surface area contributed by atoms with Gasteiger partial charge in [-0.05, 0) is 31.6 Å². The Morgan fingerprint density at radius 2 is 2.18 bits per heavy atom. The Kier molecular flexibility index (Phi) is 3.78. The highest BCUT2D eigenvalue weighted by atomic mass is 32.2. The number of nitrogens with zero attached hydrogens (tertiary/aromatic N) is 1. The van der Waals surface area contributed by atoms with Crippen LogP contribution < -0.4 is 5.32 Å². The summed E-state index contributed by atoms with van der Waals surface area (Å²) in [6, 6.07) is 7.77. The Morgan fingerprint density at radius 3 is 2.86 bits per heavy atom. The minimum absolute atomic E-state index is 0.000712. The number of hydrogen-bond acceptors (Lipinski definition) is 5. The van der Waals surface area contributed by atoms with Crippen LogP contribution in [0.4, 0.5) is 0 Å². The quantitative estimate of drug-likeness (QED) is 0.870. The number of amides is 1. The predicted molar refractivity (Wildman–Crippen MR) is 88.5 cm³/mol. The van der Waals surface area contributed by atoms with Crippen molar-refractivity contribution >= 4 is 43.4 Å². The number of hydrogen-bond donors (Lipinski definition) is 1. The van der Waals surface area contributed by atoms with Crippen molar-refractivity contribution in [2.24, 2.45) is 0 Å². The molecular formula is C15H16N2O3S2. The lowest BCUT2D eigenvalue weighted by Crippen LogP contribution is -2.46. The molecule has 1 unspecified atom stereocenters. The van der Waals surface area contributed by atoms with Crippen molar-refractivity contribution < 1.29 is 13.2 Å². The molecule has 0 spiro atoms. The average molecular weight is 336 g/mol. The summed E-state index contributed by atoms with van der Waals surface area (Å²) in [5.41, 5.74) is 0.231. The lowest BCUT2D eigenvalue weighted by atomic mass is 10.0. The van der Waals surface area contributed by atoms with E-state index >= 15 is 0 Å². The average Bonchev–Trinajstić information content (AvgIpc) is 2.96. The largest absolute Gasteiger partial charge is 0.346 e. The van der Waals surface area contributed by atoms with E-state index in [1.54, 1.807) is 13.0 Å². The lowest BCUT2D eigenvalue weighted by molar-refractivity contribution is -0.117. The first kappa shape index (κ1) is 15.2. The third kappa shape index (κ3) is 3.36. The molecule has 116 valence electrons. The van der Waals surface area contributed by atoms with Gasteiger partial charge in [0.25, 0.3) is 0 Å². The second-order valence-electron chi connectivity index (χ2n) is 5.75. The molecule has 7 heteroatoms. The van der Waals surface area contributed by atoms with Crippen LogP contribution in [0.15, 0.2) is 30.3 Å². The van der Waals surface area contributed by atoms with Crippen molar-refractivity contribution in [2.75, 3.05) is 11.5 Å². The number of sulfone groups is 1. The second-order valence-corrected chi connectivity index (χ2v) is 8.99. The number of aromatic nitrogens is 1. The summed E-state index contributed by atoms with van der Waals surface area (Å²) in [7, 11) is -3.03. The van der Waals surface area contributed by atoms with Crippen molar-refractivity contribution in [2.45, 2.75) is 18.9 Å². The Labute approximate surface area is 133 Å². The topological polar surface area (TPSA) is 76.1 Å². The highest BCUT2D eigenvalue weighted by Gasteiger charge is 2.39. The van der Waals surface area contributed by atoms with Crippen LogP contribution in [-0.4, -0.2) is 36.4 Å². The van der Waals surface area contributed by atoms with E-state index in [0.717, 1.165) is 15.2 Å². The molecule has 5 nitrogen and oxygen atoms in total. The molecule has 2 aromatic rings. The molecule has 3 rings (SSSR count). The van der Waals surface area contributed by atoms with Crippen LogP contribution in [0, 0.1) is 0 Å². The predicted octanol–water partition coefficient (Wildman–Crippen LogP) is 2.00. The van der Waals surface area contributed by atoms with E-state index in [4.69, 9.17) is 0 Å². The molecule has 0 aliphatic carbocycles. The zero-order chi connectivity index (χ0) is 15.8. The van der Waals surface area contributed by atoms with Gasteiger partial charge in [0.15, 0.2) is 9.84 Å². The summed E-state index contributed by atoms with van der Waals surface area (Å²) in [6.45, 7) is 1.76. The second kappa shape index (κ2) is 5.48. The van der Waals surface area contributed by atoms with Crippen molar-refractivity contribution in [1.82, 2.24) is 10.3 Å². The van der Waals surface area contributed by atoms with Crippen LogP contribution in [0.1, 0.15) is 18.4 Å². The molecule has 2 heterocycles. The molecule has 0 saturated carbocycles. The molecule has 1 atom stereocenters. The maximum atomic E-state index is 12.0. The summed E-state index contributed by atoms with van der Waals surface area (Å²) in [6.07, 6.45) is 3.52. The van der Waals surface area contributed by atoms with Crippen LogP contribution in [0.5, 0.6) is 0 Å². The summed E-state index contributed by atoms with van der Waals surface area (Å²) in [5, 5.41) is 3.54. The van der Waals surface area contributed by atoms with Crippen LogP contribution in [-0.2, 0) is 14.6 Å². The Bertz CT molecular complexity index is 822. The minimum atomic E-state index is -3.03. The van der Waals surface area contributed by atoms with Crippen molar-refractivity contribution in [3.05, 3.63) is 35.3 Å². The third-order valence-corrected chi connectivity index (χ3v) is 6.52. The zero-order valence-corrected chi connectivity index (χ0v) is 13.7. The van der Waals surface area contributed by atoms with Gasteiger partial charge >= 0.3 is 0 Å². The van der Waals surface area contributed by atoms with E-state index in [1.807, 2.05) is 24.3 Å². The van der Waals surface area contributed by atoms with E-state index in [2.05, 4.69) is 10.3 Å². The van der Waals surface area contributed by atoms with E-state index in [-0.39, 0.29) is 17.4 Å². The Hall–Kier alpha value is -1.73. The molecule has 0 radical (unpaired) electrons. The number of rotatable bonds is 3. The molecular weight excluding hydrogens is 320 g/mol. The fraction of sp³-hybridized carbons (Fsp3) is 0.333. The van der Waals surface area contributed by atoms with Gasteiger partial charge in [-0.25, -0.2) is 13.4 Å². The molecule has 22 heavy (non-hydrogen) atoms. The Morgan fingerprint density at radius 1 is 1.41 bits per heavy atom. The van der Waals surface area contributed by atoms with Crippen LogP contribution in [0.2, 0.25) is 0 Å². The SMILES string of the molecule is CC1(NC(=O)C=Cc2nc3ccccc3s2)CCS(=O)(=O)C1. The van der Waals surface area contributed by atoms with E-state index in [9.17, 15) is 13.2 Å². The molecule has 1 aromatic carbocycles. The molecule has 1 amide bonds.